The van der Waals surface area contributed by atoms with Crippen molar-refractivity contribution in [3.8, 4) is 0 Å². The maximum atomic E-state index is 5.80. The van der Waals surface area contributed by atoms with E-state index in [0.717, 1.165) is 36.5 Å². The van der Waals surface area contributed by atoms with Crippen LogP contribution in [-0.2, 0) is 16.8 Å². The van der Waals surface area contributed by atoms with Gasteiger partial charge in [0.05, 0.1) is 0 Å². The zero-order valence-electron chi connectivity index (χ0n) is 11.4. The highest BCUT2D eigenvalue weighted by molar-refractivity contribution is 5.15. The van der Waals surface area contributed by atoms with E-state index >= 15 is 0 Å². The van der Waals surface area contributed by atoms with Crippen molar-refractivity contribution >= 4 is 0 Å². The smallest absolute Gasteiger partial charge is 0.160 e. The number of hydrogen-bond acceptors (Lipinski definition) is 4. The maximum absolute atomic E-state index is 5.80. The van der Waals surface area contributed by atoms with E-state index in [0.29, 0.717) is 6.54 Å². The van der Waals surface area contributed by atoms with Gasteiger partial charge in [-0.3, -0.25) is 0 Å². The molecule has 0 amide bonds. The number of rotatable bonds is 4. The fraction of sp³-hybridized carbons (Fsp3) is 0.714. The maximum Gasteiger partial charge on any atom is 0.160 e. The van der Waals surface area contributed by atoms with Crippen molar-refractivity contribution in [2.24, 2.45) is 5.73 Å². The fourth-order valence-electron chi connectivity index (χ4n) is 2.76. The van der Waals surface area contributed by atoms with Gasteiger partial charge in [-0.25, -0.2) is 9.97 Å². The van der Waals surface area contributed by atoms with Crippen LogP contribution in [0.2, 0.25) is 0 Å². The first-order chi connectivity index (χ1) is 8.70. The molecule has 1 aromatic rings. The minimum atomic E-state index is -0.270. The molecule has 1 heterocycles. The second-order valence-electron chi connectivity index (χ2n) is 5.12. The van der Waals surface area contributed by atoms with Crippen LogP contribution in [-0.4, -0.2) is 23.6 Å². The van der Waals surface area contributed by atoms with Crippen molar-refractivity contribution in [3.63, 3.8) is 0 Å². The van der Waals surface area contributed by atoms with Gasteiger partial charge in [-0.2, -0.15) is 0 Å². The van der Waals surface area contributed by atoms with Crippen molar-refractivity contribution in [1.29, 1.82) is 0 Å². The molecule has 1 aliphatic rings. The lowest BCUT2D eigenvalue weighted by molar-refractivity contribution is -0.0517. The molecule has 0 aliphatic heterocycles. The van der Waals surface area contributed by atoms with E-state index in [1.807, 2.05) is 13.0 Å². The van der Waals surface area contributed by atoms with Gasteiger partial charge in [0.2, 0.25) is 0 Å². The van der Waals surface area contributed by atoms with Crippen LogP contribution < -0.4 is 5.73 Å². The predicted octanol–water partition coefficient (Wildman–Crippen LogP) is 2.09. The average molecular weight is 249 g/mol. The molecule has 0 radical (unpaired) electrons. The van der Waals surface area contributed by atoms with Crippen molar-refractivity contribution in [3.05, 3.63) is 23.3 Å². The molecule has 0 atom stereocenters. The molecule has 0 bridgehead atoms. The molecule has 4 nitrogen and oxygen atoms in total. The number of aryl methyl sites for hydroxylation is 1. The lowest BCUT2D eigenvalue weighted by Gasteiger charge is -2.34. The van der Waals surface area contributed by atoms with Crippen LogP contribution in [0.1, 0.15) is 49.3 Å². The molecule has 2 N–H and O–H groups in total. The zero-order valence-corrected chi connectivity index (χ0v) is 11.4. The van der Waals surface area contributed by atoms with Crippen molar-refractivity contribution in [1.82, 2.24) is 9.97 Å². The molecule has 0 spiro atoms. The molecule has 0 saturated heterocycles. The summed E-state index contributed by atoms with van der Waals surface area (Å²) in [6, 6.07) is 2.02. The van der Waals surface area contributed by atoms with Crippen LogP contribution in [0.4, 0.5) is 0 Å². The monoisotopic (exact) mass is 249 g/mol. The number of hydrogen-bond donors (Lipinski definition) is 1. The number of nitrogens with two attached hydrogens (primary N) is 1. The second kappa shape index (κ2) is 5.76. The quantitative estimate of drug-likeness (QED) is 0.887. The Kier molecular flexibility index (Phi) is 4.30. The Hall–Kier alpha value is -1.00. The highest BCUT2D eigenvalue weighted by Gasteiger charge is 2.36. The van der Waals surface area contributed by atoms with E-state index in [4.69, 9.17) is 10.5 Å². The van der Waals surface area contributed by atoms with Gasteiger partial charge in [0.25, 0.3) is 0 Å². The molecular weight excluding hydrogens is 226 g/mol. The van der Waals surface area contributed by atoms with E-state index in [-0.39, 0.29) is 5.60 Å². The van der Waals surface area contributed by atoms with E-state index in [9.17, 15) is 0 Å². The lowest BCUT2D eigenvalue weighted by Crippen LogP contribution is -2.34. The van der Waals surface area contributed by atoms with Crippen LogP contribution in [0.25, 0.3) is 0 Å². The molecule has 18 heavy (non-hydrogen) atoms. The molecule has 0 unspecified atom stereocenters. The number of ether oxygens (including phenoxy) is 1. The number of nitrogens with zero attached hydrogens (tertiary/aromatic N) is 2. The summed E-state index contributed by atoms with van der Waals surface area (Å²) in [7, 11) is 1.78. The largest absolute Gasteiger partial charge is 0.370 e. The first-order valence-electron chi connectivity index (χ1n) is 6.80. The highest BCUT2D eigenvalue weighted by atomic mass is 16.5. The molecule has 0 aromatic carbocycles. The van der Waals surface area contributed by atoms with E-state index < -0.39 is 0 Å². The molecular formula is C14H23N3O. The Balaban J connectivity index is 2.34. The van der Waals surface area contributed by atoms with Gasteiger partial charge in [0.15, 0.2) is 5.82 Å². The Bertz CT molecular complexity index is 400. The van der Waals surface area contributed by atoms with Gasteiger partial charge in [-0.05, 0) is 32.4 Å². The second-order valence-corrected chi connectivity index (χ2v) is 5.12. The summed E-state index contributed by atoms with van der Waals surface area (Å²) in [6.45, 7) is 2.63. The normalized spacial score (nSPS) is 18.8. The van der Waals surface area contributed by atoms with Gasteiger partial charge in [-0.15, -0.1) is 0 Å². The van der Waals surface area contributed by atoms with Crippen molar-refractivity contribution < 1.29 is 4.74 Å². The van der Waals surface area contributed by atoms with E-state index in [1.54, 1.807) is 7.11 Å². The van der Waals surface area contributed by atoms with Gasteiger partial charge in [-0.1, -0.05) is 19.3 Å². The topological polar surface area (TPSA) is 61.0 Å². The summed E-state index contributed by atoms with van der Waals surface area (Å²) in [5.74, 6) is 0.855. The molecule has 1 aromatic heterocycles. The molecule has 1 saturated carbocycles. The Morgan fingerprint density at radius 2 is 2.00 bits per heavy atom. The Labute approximate surface area is 109 Å². The first kappa shape index (κ1) is 13.4. The van der Waals surface area contributed by atoms with Gasteiger partial charge in [0, 0.05) is 24.9 Å². The first-order valence-corrected chi connectivity index (χ1v) is 6.80. The number of aromatic nitrogens is 2. The minimum Gasteiger partial charge on any atom is -0.370 e. The molecule has 1 aliphatic carbocycles. The molecule has 4 heteroatoms. The van der Waals surface area contributed by atoms with Gasteiger partial charge < -0.3 is 10.5 Å². The van der Waals surface area contributed by atoms with E-state index in [2.05, 4.69) is 9.97 Å². The minimum absolute atomic E-state index is 0.270. The van der Waals surface area contributed by atoms with Crippen LogP contribution in [0.3, 0.4) is 0 Å². The highest BCUT2D eigenvalue weighted by Crippen LogP contribution is 2.38. The summed E-state index contributed by atoms with van der Waals surface area (Å²) >= 11 is 0. The Morgan fingerprint density at radius 3 is 2.61 bits per heavy atom. The predicted molar refractivity (Wildman–Crippen MR) is 71.3 cm³/mol. The van der Waals surface area contributed by atoms with Gasteiger partial charge >= 0.3 is 0 Å². The van der Waals surface area contributed by atoms with Crippen LogP contribution in [0.5, 0.6) is 0 Å². The molecule has 100 valence electrons. The molecule has 2 rings (SSSR count). The SMILES string of the molecule is COC1(c2nc(C)cc(CCN)n2)CCCCC1. The summed E-state index contributed by atoms with van der Waals surface area (Å²) in [5.41, 5.74) is 7.38. The van der Waals surface area contributed by atoms with Crippen molar-refractivity contribution in [2.75, 3.05) is 13.7 Å². The van der Waals surface area contributed by atoms with E-state index in [1.165, 1.54) is 19.3 Å². The van der Waals surface area contributed by atoms with Crippen LogP contribution >= 0.6 is 0 Å². The third-order valence-corrected chi connectivity index (χ3v) is 3.77. The third-order valence-electron chi connectivity index (χ3n) is 3.77. The van der Waals surface area contributed by atoms with Gasteiger partial charge in [0.1, 0.15) is 5.60 Å². The summed E-state index contributed by atoms with van der Waals surface area (Å²) in [5, 5.41) is 0. The fourth-order valence-corrected chi connectivity index (χ4v) is 2.76. The van der Waals surface area contributed by atoms with Crippen molar-refractivity contribution in [2.45, 2.75) is 51.0 Å². The summed E-state index contributed by atoms with van der Waals surface area (Å²) in [6.07, 6.45) is 6.52. The van der Waals surface area contributed by atoms with Crippen LogP contribution in [0.15, 0.2) is 6.07 Å². The average Bonchev–Trinajstić information content (AvgIpc) is 2.39. The zero-order chi connectivity index (χ0) is 13.0. The third kappa shape index (κ3) is 2.70. The summed E-state index contributed by atoms with van der Waals surface area (Å²) in [4.78, 5) is 9.28. The van der Waals surface area contributed by atoms with Crippen LogP contribution in [0, 0.1) is 6.92 Å². The number of methoxy groups -OCH3 is 1. The standard InChI is InChI=1S/C14H23N3O/c1-11-10-12(6-9-15)17-13(16-11)14(18-2)7-4-3-5-8-14/h10H,3-9,15H2,1-2H3. The Morgan fingerprint density at radius 1 is 1.28 bits per heavy atom. The lowest BCUT2D eigenvalue weighted by atomic mass is 9.83. The summed E-state index contributed by atoms with van der Waals surface area (Å²) < 4.78 is 5.80. The molecule has 1 fully saturated rings.